The molecule has 144 valence electrons. The number of nitrogens with two attached hydrogens (primary N) is 1. The Kier molecular flexibility index (Phi) is 9.84. The first-order chi connectivity index (χ1) is 11.5. The van der Waals surface area contributed by atoms with Gasteiger partial charge in [0.15, 0.2) is 0 Å². The maximum absolute atomic E-state index is 11.8. The zero-order valence-corrected chi connectivity index (χ0v) is 15.8. The summed E-state index contributed by atoms with van der Waals surface area (Å²) in [5.41, 5.74) is 2.38. The molecule has 1 heterocycles. The first-order valence-electron chi connectivity index (χ1n) is 8.17. The Morgan fingerprint density at radius 2 is 1.81 bits per heavy atom. The van der Waals surface area contributed by atoms with Crippen LogP contribution in [0.5, 0.6) is 0 Å². The molecule has 9 nitrogen and oxygen atoms in total. The fourth-order valence-electron chi connectivity index (χ4n) is 2.51. The molecule has 1 fully saturated rings. The van der Waals surface area contributed by atoms with Crippen LogP contribution in [0.3, 0.4) is 0 Å². The van der Waals surface area contributed by atoms with Crippen molar-refractivity contribution in [1.82, 2.24) is 0 Å². The molecule has 26 heavy (non-hydrogen) atoms. The van der Waals surface area contributed by atoms with Crippen LogP contribution >= 0.6 is 0 Å². The molecule has 0 spiro atoms. The number of esters is 1. The summed E-state index contributed by atoms with van der Waals surface area (Å²) in [4.78, 5) is 35.1. The summed E-state index contributed by atoms with van der Waals surface area (Å²) >= 11 is 0. The van der Waals surface area contributed by atoms with Crippen LogP contribution in [-0.2, 0) is 28.6 Å². The van der Waals surface area contributed by atoms with Crippen molar-refractivity contribution in [2.24, 2.45) is 5.73 Å². The summed E-state index contributed by atoms with van der Waals surface area (Å²) in [7, 11) is 0. The number of carbonyl (C=O) groups excluding carboxylic acids is 2. The van der Waals surface area contributed by atoms with E-state index in [9.17, 15) is 24.6 Å². The van der Waals surface area contributed by atoms with Crippen molar-refractivity contribution in [1.29, 1.82) is 0 Å². The second-order valence-corrected chi connectivity index (χ2v) is 6.99. The molecular formula is C16H26LiNO8. The van der Waals surface area contributed by atoms with E-state index in [1.807, 2.05) is 0 Å². The van der Waals surface area contributed by atoms with Gasteiger partial charge in [-0.3, -0.25) is 4.79 Å². The van der Waals surface area contributed by atoms with Crippen LogP contribution in [0.4, 0.5) is 0 Å². The Labute approximate surface area is 164 Å². The third-order valence-electron chi connectivity index (χ3n) is 3.74. The van der Waals surface area contributed by atoms with Crippen LogP contribution in [0, 0.1) is 0 Å². The van der Waals surface area contributed by atoms with Gasteiger partial charge in [-0.1, -0.05) is 0 Å². The summed E-state index contributed by atoms with van der Waals surface area (Å²) < 4.78 is 15.6. The minimum Gasteiger partial charge on any atom is -0.546 e. The van der Waals surface area contributed by atoms with Gasteiger partial charge in [-0.2, -0.15) is 0 Å². The Balaban J connectivity index is 0.00000625. The summed E-state index contributed by atoms with van der Waals surface area (Å²) in [5.74, 6) is -4.30. The molecule has 1 aliphatic heterocycles. The number of carbonyl (C=O) groups is 3. The quantitative estimate of drug-likeness (QED) is 0.250. The number of hydrogen-bond acceptors (Lipinski definition) is 8. The van der Waals surface area contributed by atoms with Crippen LogP contribution in [0.2, 0.25) is 0 Å². The zero-order valence-electron chi connectivity index (χ0n) is 15.8. The van der Waals surface area contributed by atoms with Gasteiger partial charge in [0.05, 0.1) is 18.1 Å². The van der Waals surface area contributed by atoms with E-state index < -0.39 is 41.3 Å². The van der Waals surface area contributed by atoms with Gasteiger partial charge in [-0.15, -0.1) is 0 Å². The molecule has 0 aliphatic carbocycles. The molecule has 0 bridgehead atoms. The number of carboxylic acids is 2. The molecule has 1 saturated heterocycles. The van der Waals surface area contributed by atoms with E-state index in [1.165, 1.54) is 0 Å². The predicted octanol–water partition coefficient (Wildman–Crippen LogP) is -3.79. The fraction of sp³-hybridized carbons (Fsp3) is 0.812. The first kappa shape index (κ1) is 24.9. The van der Waals surface area contributed by atoms with Gasteiger partial charge < -0.3 is 35.0 Å². The van der Waals surface area contributed by atoms with E-state index in [1.54, 1.807) is 20.8 Å². The summed E-state index contributed by atoms with van der Waals surface area (Å²) in [6.07, 6.45) is -0.409. The molecule has 2 atom stereocenters. The third-order valence-corrected chi connectivity index (χ3v) is 3.74. The van der Waals surface area contributed by atoms with E-state index in [-0.39, 0.29) is 31.7 Å². The number of ether oxygens (including phenoxy) is 3. The normalized spacial score (nSPS) is 18.9. The van der Waals surface area contributed by atoms with Crippen molar-refractivity contribution in [2.75, 3.05) is 13.2 Å². The van der Waals surface area contributed by atoms with Gasteiger partial charge in [0.1, 0.15) is 5.60 Å². The number of aliphatic carboxylic acids is 2. The van der Waals surface area contributed by atoms with E-state index in [0.29, 0.717) is 26.1 Å². The van der Waals surface area contributed by atoms with E-state index >= 15 is 0 Å². The Bertz CT molecular complexity index is 485. The van der Waals surface area contributed by atoms with Gasteiger partial charge in [-0.25, -0.2) is 4.79 Å². The summed E-state index contributed by atoms with van der Waals surface area (Å²) in [5, 5.41) is 21.1. The maximum atomic E-state index is 11.8. The largest absolute Gasteiger partial charge is 1.00 e. The minimum atomic E-state index is -2.73. The minimum absolute atomic E-state index is 0. The fourth-order valence-corrected chi connectivity index (χ4v) is 2.51. The summed E-state index contributed by atoms with van der Waals surface area (Å²) in [6.45, 7) is 5.71. The molecule has 0 radical (unpaired) electrons. The molecule has 1 aliphatic rings. The van der Waals surface area contributed by atoms with Crippen LogP contribution in [0.15, 0.2) is 0 Å². The Morgan fingerprint density at radius 3 is 2.23 bits per heavy atom. The maximum Gasteiger partial charge on any atom is 1.00 e. The van der Waals surface area contributed by atoms with Crippen molar-refractivity contribution in [3.05, 3.63) is 0 Å². The van der Waals surface area contributed by atoms with Crippen LogP contribution in [0.1, 0.15) is 46.5 Å². The van der Waals surface area contributed by atoms with Gasteiger partial charge in [-0.05, 0) is 40.0 Å². The Morgan fingerprint density at radius 1 is 1.27 bits per heavy atom. The zero-order chi connectivity index (χ0) is 19.3. The number of hydrogen-bond donors (Lipinski definition) is 2. The first-order valence-corrected chi connectivity index (χ1v) is 8.17. The van der Waals surface area contributed by atoms with Crippen LogP contribution < -0.4 is 29.7 Å². The standard InChI is InChI=1S/C16H27NO8.Li/c1-15(2,3)25-12(18)5-4-11(17)16(13(19)20,14(21)22)24-10-6-8-23-9-7-10;/h10-11H,4-9,17H2,1-3H3,(H,19,20)(H,21,22);/q;+1/p-1. The number of carboxylic acid groups (broad SMARTS) is 2. The molecule has 0 aromatic rings. The van der Waals surface area contributed by atoms with E-state index in [2.05, 4.69) is 0 Å². The SMILES string of the molecule is CC(C)(C)OC(=O)CCC(N)C(OC1CCOCC1)(C(=O)[O-])C(=O)O.[Li+]. The molecule has 0 saturated carbocycles. The van der Waals surface area contributed by atoms with Crippen molar-refractivity contribution < 1.29 is 57.7 Å². The van der Waals surface area contributed by atoms with Gasteiger partial charge in [0.2, 0.25) is 5.60 Å². The smallest absolute Gasteiger partial charge is 0.546 e. The van der Waals surface area contributed by atoms with E-state index in [0.717, 1.165) is 0 Å². The second-order valence-electron chi connectivity index (χ2n) is 6.99. The molecule has 0 aromatic carbocycles. The predicted molar refractivity (Wildman–Crippen MR) is 83.4 cm³/mol. The van der Waals surface area contributed by atoms with E-state index in [4.69, 9.17) is 19.9 Å². The van der Waals surface area contributed by atoms with Crippen LogP contribution in [0.25, 0.3) is 0 Å². The molecule has 2 unspecified atom stereocenters. The van der Waals surface area contributed by atoms with Gasteiger partial charge >= 0.3 is 30.8 Å². The summed E-state index contributed by atoms with van der Waals surface area (Å²) in [6, 6.07) is -1.48. The molecule has 3 N–H and O–H groups in total. The van der Waals surface area contributed by atoms with Gasteiger partial charge in [0.25, 0.3) is 0 Å². The number of rotatable bonds is 8. The monoisotopic (exact) mass is 367 g/mol. The second kappa shape index (κ2) is 10.3. The topological polar surface area (TPSA) is 148 Å². The molecule has 0 aromatic heterocycles. The van der Waals surface area contributed by atoms with Crippen LogP contribution in [-0.4, -0.2) is 59.6 Å². The molecular weight excluding hydrogens is 341 g/mol. The molecule has 1 rings (SSSR count). The average molecular weight is 367 g/mol. The van der Waals surface area contributed by atoms with Gasteiger partial charge in [0, 0.05) is 19.6 Å². The molecule has 0 amide bonds. The van der Waals surface area contributed by atoms with Crippen molar-refractivity contribution in [3.63, 3.8) is 0 Å². The van der Waals surface area contributed by atoms with Crippen molar-refractivity contribution >= 4 is 17.9 Å². The third kappa shape index (κ3) is 6.89. The average Bonchev–Trinajstić information content (AvgIpc) is 2.49. The van der Waals surface area contributed by atoms with Crippen molar-refractivity contribution in [2.45, 2.75) is 69.8 Å². The molecule has 10 heteroatoms. The van der Waals surface area contributed by atoms with Crippen molar-refractivity contribution in [3.8, 4) is 0 Å². The Hall–Kier alpha value is -1.11.